The van der Waals surface area contributed by atoms with Gasteiger partial charge in [0.2, 0.25) is 0 Å². The van der Waals surface area contributed by atoms with Crippen LogP contribution in [-0.2, 0) is 4.74 Å². The van der Waals surface area contributed by atoms with E-state index >= 15 is 0 Å². The molecule has 0 aromatic carbocycles. The van der Waals surface area contributed by atoms with E-state index in [0.717, 1.165) is 25.0 Å². The minimum atomic E-state index is -0.0206. The van der Waals surface area contributed by atoms with E-state index in [-0.39, 0.29) is 6.23 Å². The van der Waals surface area contributed by atoms with Gasteiger partial charge in [0.25, 0.3) is 0 Å². The summed E-state index contributed by atoms with van der Waals surface area (Å²) < 4.78 is 5.71. The van der Waals surface area contributed by atoms with Gasteiger partial charge in [-0.15, -0.1) is 0 Å². The lowest BCUT2D eigenvalue weighted by Gasteiger charge is -2.18. The summed E-state index contributed by atoms with van der Waals surface area (Å²) >= 11 is 0. The summed E-state index contributed by atoms with van der Waals surface area (Å²) in [6.45, 7) is 2.06. The van der Waals surface area contributed by atoms with Crippen LogP contribution in [0.2, 0.25) is 0 Å². The zero-order valence-electron chi connectivity index (χ0n) is 8.44. The molecule has 0 fully saturated rings. The van der Waals surface area contributed by atoms with E-state index in [1.807, 2.05) is 12.3 Å². The Morgan fingerprint density at radius 1 is 1.36 bits per heavy atom. The quantitative estimate of drug-likeness (QED) is 0.654. The molecule has 1 aliphatic heterocycles. The van der Waals surface area contributed by atoms with Gasteiger partial charge in [-0.3, -0.25) is 4.99 Å². The molecule has 0 aromatic heterocycles. The lowest BCUT2D eigenvalue weighted by molar-refractivity contribution is 0.133. The minimum Gasteiger partial charge on any atom is -0.469 e. The predicted octanol–water partition coefficient (Wildman–Crippen LogP) is 2.98. The Bertz CT molecular complexity index is 323. The third-order valence-electron chi connectivity index (χ3n) is 2.32. The highest BCUT2D eigenvalue weighted by Gasteiger charge is 2.10. The molecule has 1 aliphatic carbocycles. The van der Waals surface area contributed by atoms with Crippen LogP contribution in [0.5, 0.6) is 0 Å². The Hall–Kier alpha value is -1.31. The maximum atomic E-state index is 5.71. The Kier molecular flexibility index (Phi) is 2.82. The summed E-state index contributed by atoms with van der Waals surface area (Å²) in [5, 5.41) is 0. The van der Waals surface area contributed by atoms with Crippen LogP contribution in [0.25, 0.3) is 0 Å². The zero-order chi connectivity index (χ0) is 9.80. The van der Waals surface area contributed by atoms with Crippen LogP contribution in [0.3, 0.4) is 0 Å². The number of aliphatic imine (C=N–C) groups is 1. The average molecular weight is 189 g/mol. The van der Waals surface area contributed by atoms with Crippen molar-refractivity contribution in [3.63, 3.8) is 0 Å². The van der Waals surface area contributed by atoms with Crippen molar-refractivity contribution in [2.24, 2.45) is 4.99 Å². The van der Waals surface area contributed by atoms with Crippen LogP contribution in [0.1, 0.15) is 26.2 Å². The van der Waals surface area contributed by atoms with Crippen molar-refractivity contribution >= 4 is 6.21 Å². The monoisotopic (exact) mass is 189 g/mol. The molecule has 0 saturated heterocycles. The molecule has 2 heteroatoms. The normalized spacial score (nSPS) is 25.6. The van der Waals surface area contributed by atoms with E-state index in [1.54, 1.807) is 0 Å². The van der Waals surface area contributed by atoms with Crippen molar-refractivity contribution in [3.8, 4) is 0 Å². The standard InChI is InChI=1S/C12H15NO/c1-10-7-8-12(13-9-10)14-11-5-3-2-4-6-11/h3,5-7,9,12H,2,4,8H2,1H3. The van der Waals surface area contributed by atoms with Gasteiger partial charge in [-0.2, -0.15) is 0 Å². The summed E-state index contributed by atoms with van der Waals surface area (Å²) in [6.07, 6.45) is 13.4. The second kappa shape index (κ2) is 4.27. The van der Waals surface area contributed by atoms with E-state index in [0.29, 0.717) is 0 Å². The molecule has 14 heavy (non-hydrogen) atoms. The number of hydrogen-bond donors (Lipinski definition) is 0. The van der Waals surface area contributed by atoms with E-state index < -0.39 is 0 Å². The van der Waals surface area contributed by atoms with Crippen LogP contribution in [0.4, 0.5) is 0 Å². The SMILES string of the molecule is CC1=CCC(OC2=CCCC=C2)N=C1. The first-order valence-electron chi connectivity index (χ1n) is 5.08. The molecule has 2 nitrogen and oxygen atoms in total. The van der Waals surface area contributed by atoms with Crippen molar-refractivity contribution in [3.05, 3.63) is 35.6 Å². The molecular weight excluding hydrogens is 174 g/mol. The summed E-state index contributed by atoms with van der Waals surface area (Å²) in [5.74, 6) is 0.964. The van der Waals surface area contributed by atoms with Gasteiger partial charge in [-0.05, 0) is 37.5 Å². The van der Waals surface area contributed by atoms with Crippen molar-refractivity contribution in [2.45, 2.75) is 32.4 Å². The van der Waals surface area contributed by atoms with Gasteiger partial charge in [-0.1, -0.05) is 12.2 Å². The molecule has 0 bridgehead atoms. The third-order valence-corrected chi connectivity index (χ3v) is 2.32. The van der Waals surface area contributed by atoms with E-state index in [2.05, 4.69) is 30.1 Å². The molecule has 2 rings (SSSR count). The minimum absolute atomic E-state index is 0.0206. The van der Waals surface area contributed by atoms with E-state index in [4.69, 9.17) is 4.74 Å². The molecule has 0 aromatic rings. The first-order chi connectivity index (χ1) is 6.84. The topological polar surface area (TPSA) is 21.6 Å². The van der Waals surface area contributed by atoms with E-state index in [9.17, 15) is 0 Å². The fourth-order valence-electron chi connectivity index (χ4n) is 1.51. The zero-order valence-corrected chi connectivity index (χ0v) is 8.44. The molecule has 0 saturated carbocycles. The highest BCUT2D eigenvalue weighted by Crippen LogP contribution is 2.17. The van der Waals surface area contributed by atoms with Gasteiger partial charge in [0.05, 0.1) is 0 Å². The van der Waals surface area contributed by atoms with Crippen molar-refractivity contribution < 1.29 is 4.74 Å². The van der Waals surface area contributed by atoms with Crippen LogP contribution in [0.15, 0.2) is 40.6 Å². The maximum Gasteiger partial charge on any atom is 0.193 e. The summed E-state index contributed by atoms with van der Waals surface area (Å²) in [4.78, 5) is 4.31. The number of dihydropyridines is 1. The summed E-state index contributed by atoms with van der Waals surface area (Å²) in [7, 11) is 0. The smallest absolute Gasteiger partial charge is 0.193 e. The number of rotatable bonds is 2. The first-order valence-corrected chi connectivity index (χ1v) is 5.08. The highest BCUT2D eigenvalue weighted by molar-refractivity contribution is 5.78. The van der Waals surface area contributed by atoms with Gasteiger partial charge in [-0.25, -0.2) is 0 Å². The molecule has 0 radical (unpaired) electrons. The number of ether oxygens (including phenoxy) is 1. The average Bonchev–Trinajstić information content (AvgIpc) is 2.23. The molecule has 1 heterocycles. The Morgan fingerprint density at radius 2 is 2.29 bits per heavy atom. The first kappa shape index (κ1) is 9.25. The fourth-order valence-corrected chi connectivity index (χ4v) is 1.51. The second-order valence-corrected chi connectivity index (χ2v) is 3.62. The molecule has 1 unspecified atom stereocenters. The van der Waals surface area contributed by atoms with Crippen LogP contribution in [-0.4, -0.2) is 12.4 Å². The van der Waals surface area contributed by atoms with Crippen molar-refractivity contribution in [2.75, 3.05) is 0 Å². The number of nitrogens with zero attached hydrogens (tertiary/aromatic N) is 1. The summed E-state index contributed by atoms with van der Waals surface area (Å²) in [5.41, 5.74) is 1.22. The molecule has 0 spiro atoms. The highest BCUT2D eigenvalue weighted by atomic mass is 16.5. The lowest BCUT2D eigenvalue weighted by atomic mass is 10.1. The van der Waals surface area contributed by atoms with Gasteiger partial charge in [0.15, 0.2) is 6.23 Å². The van der Waals surface area contributed by atoms with Crippen LogP contribution < -0.4 is 0 Å². The summed E-state index contributed by atoms with van der Waals surface area (Å²) in [6, 6.07) is 0. The molecule has 0 N–H and O–H groups in total. The Labute approximate surface area is 84.7 Å². The van der Waals surface area contributed by atoms with Gasteiger partial charge < -0.3 is 4.74 Å². The Morgan fingerprint density at radius 3 is 2.93 bits per heavy atom. The van der Waals surface area contributed by atoms with Gasteiger partial charge in [0.1, 0.15) is 5.76 Å². The molecule has 1 atom stereocenters. The van der Waals surface area contributed by atoms with Gasteiger partial charge >= 0.3 is 0 Å². The molecule has 2 aliphatic rings. The maximum absolute atomic E-state index is 5.71. The van der Waals surface area contributed by atoms with Gasteiger partial charge in [0, 0.05) is 12.6 Å². The number of allylic oxidation sites excluding steroid dienone is 4. The largest absolute Gasteiger partial charge is 0.469 e. The number of hydrogen-bond acceptors (Lipinski definition) is 2. The van der Waals surface area contributed by atoms with Crippen LogP contribution >= 0.6 is 0 Å². The second-order valence-electron chi connectivity index (χ2n) is 3.62. The lowest BCUT2D eigenvalue weighted by Crippen LogP contribution is -2.12. The van der Waals surface area contributed by atoms with Crippen molar-refractivity contribution in [1.29, 1.82) is 0 Å². The van der Waals surface area contributed by atoms with Crippen molar-refractivity contribution in [1.82, 2.24) is 0 Å². The molecule has 0 amide bonds. The molecular formula is C12H15NO. The van der Waals surface area contributed by atoms with Crippen LogP contribution in [0, 0.1) is 0 Å². The fraction of sp³-hybridized carbons (Fsp3) is 0.417. The molecule has 74 valence electrons. The predicted molar refractivity (Wildman–Crippen MR) is 58.2 cm³/mol. The Balaban J connectivity index is 1.90. The van der Waals surface area contributed by atoms with E-state index in [1.165, 1.54) is 5.57 Å². The third kappa shape index (κ3) is 2.34.